The fourth-order valence-electron chi connectivity index (χ4n) is 3.16. The number of nitrogen functional groups attached to an aromatic ring is 1. The van der Waals surface area contributed by atoms with Crippen LogP contribution in [0, 0.1) is 0 Å². The van der Waals surface area contributed by atoms with Crippen molar-refractivity contribution in [2.24, 2.45) is 4.99 Å². The minimum atomic E-state index is -0.303. The fraction of sp³-hybridized carbons (Fsp3) is 0.190. The van der Waals surface area contributed by atoms with Gasteiger partial charge in [-0.2, -0.15) is 0 Å². The highest BCUT2D eigenvalue weighted by Crippen LogP contribution is 2.28. The lowest BCUT2D eigenvalue weighted by Crippen LogP contribution is -2.34. The van der Waals surface area contributed by atoms with Crippen molar-refractivity contribution < 1.29 is 9.53 Å². The highest BCUT2D eigenvalue weighted by Gasteiger charge is 2.25. The van der Waals surface area contributed by atoms with Gasteiger partial charge in [0.1, 0.15) is 12.4 Å². The zero-order valence-corrected chi connectivity index (χ0v) is 18.5. The molecule has 10 heteroatoms. The molecule has 1 aromatic heterocycles. The zero-order chi connectivity index (χ0) is 22.0. The molecule has 0 saturated carbocycles. The molecular weight excluding hydrogens is 461 g/mol. The summed E-state index contributed by atoms with van der Waals surface area (Å²) in [6.45, 7) is 1.10. The van der Waals surface area contributed by atoms with Crippen LogP contribution in [0.5, 0.6) is 5.75 Å². The highest BCUT2D eigenvalue weighted by atomic mass is 35.5. The average Bonchev–Trinajstić information content (AvgIpc) is 3.14. The molecule has 4 rings (SSSR count). The summed E-state index contributed by atoms with van der Waals surface area (Å²) in [5, 5.41) is 4.47. The molecule has 3 N–H and O–H groups in total. The molecule has 0 spiro atoms. The molecule has 0 aliphatic carbocycles. The molecule has 0 bridgehead atoms. The van der Waals surface area contributed by atoms with E-state index in [0.29, 0.717) is 39.3 Å². The number of nitrogens with one attached hydrogen (secondary N) is 1. The van der Waals surface area contributed by atoms with Crippen molar-refractivity contribution in [1.82, 2.24) is 15.2 Å². The van der Waals surface area contributed by atoms with E-state index in [0.717, 1.165) is 5.84 Å². The summed E-state index contributed by atoms with van der Waals surface area (Å²) in [5.41, 5.74) is 6.85. The maximum Gasteiger partial charge on any atom is 0.253 e. The van der Waals surface area contributed by atoms with Crippen molar-refractivity contribution in [1.29, 1.82) is 0 Å². The molecule has 0 radical (unpaired) electrons. The number of aliphatic imine (C=N–C) groups is 1. The lowest BCUT2D eigenvalue weighted by atomic mass is 10.2. The number of pyridine rings is 1. The third kappa shape index (κ3) is 4.95. The van der Waals surface area contributed by atoms with E-state index in [1.54, 1.807) is 24.3 Å². The second kappa shape index (κ2) is 9.18. The Morgan fingerprint density at radius 3 is 2.81 bits per heavy atom. The first-order chi connectivity index (χ1) is 14.9. The molecule has 31 heavy (non-hydrogen) atoms. The number of carbonyl (C=O) groups is 1. The monoisotopic (exact) mass is 477 g/mol. The van der Waals surface area contributed by atoms with Crippen LogP contribution in [-0.2, 0) is 6.61 Å². The first-order valence-electron chi connectivity index (χ1n) is 9.40. The molecule has 1 aromatic carbocycles. The number of fused-ring (bicyclic) bond motifs is 1. The summed E-state index contributed by atoms with van der Waals surface area (Å²) in [6.07, 6.45) is 6.86. The number of hydrogen-bond acceptors (Lipinski definition) is 6. The predicted octanol–water partition coefficient (Wildman–Crippen LogP) is 4.01. The molecule has 0 saturated heterocycles. The van der Waals surface area contributed by atoms with Crippen LogP contribution in [-0.4, -0.2) is 40.8 Å². The number of amidine groups is 1. The first-order valence-corrected chi connectivity index (χ1v) is 10.5. The Hall–Kier alpha value is -2.74. The van der Waals surface area contributed by atoms with E-state index in [9.17, 15) is 4.79 Å². The molecule has 1 atom stereocenters. The first kappa shape index (κ1) is 21.5. The second-order valence-electron chi connectivity index (χ2n) is 6.95. The van der Waals surface area contributed by atoms with Crippen molar-refractivity contribution in [2.45, 2.75) is 12.6 Å². The predicted molar refractivity (Wildman–Crippen MR) is 123 cm³/mol. The van der Waals surface area contributed by atoms with Crippen LogP contribution in [0.15, 0.2) is 58.8 Å². The number of halogens is 3. The van der Waals surface area contributed by atoms with Gasteiger partial charge in [-0.1, -0.05) is 40.9 Å². The Kier molecular flexibility index (Phi) is 6.36. The minimum absolute atomic E-state index is 0.0813. The second-order valence-corrected chi connectivity index (χ2v) is 8.20. The number of aromatic nitrogens is 1. The summed E-state index contributed by atoms with van der Waals surface area (Å²) in [7, 11) is 0. The molecule has 7 nitrogen and oxygen atoms in total. The van der Waals surface area contributed by atoms with Crippen molar-refractivity contribution >= 4 is 52.4 Å². The largest absolute Gasteiger partial charge is 0.485 e. The number of hydrogen-bond donors (Lipinski definition) is 2. The van der Waals surface area contributed by atoms with Gasteiger partial charge < -0.3 is 20.7 Å². The summed E-state index contributed by atoms with van der Waals surface area (Å²) in [4.78, 5) is 23.2. The minimum Gasteiger partial charge on any atom is -0.485 e. The Morgan fingerprint density at radius 2 is 2.03 bits per heavy atom. The van der Waals surface area contributed by atoms with Crippen molar-refractivity contribution in [3.05, 3.63) is 75.0 Å². The summed E-state index contributed by atoms with van der Waals surface area (Å²) < 4.78 is 5.74. The van der Waals surface area contributed by atoms with E-state index < -0.39 is 0 Å². The van der Waals surface area contributed by atoms with Crippen molar-refractivity contribution in [3.63, 3.8) is 0 Å². The molecule has 3 heterocycles. The van der Waals surface area contributed by atoms with Crippen LogP contribution in [0.1, 0.15) is 15.9 Å². The molecule has 160 valence electrons. The van der Waals surface area contributed by atoms with E-state index in [1.807, 2.05) is 17.2 Å². The van der Waals surface area contributed by atoms with Crippen LogP contribution in [0.25, 0.3) is 0 Å². The number of benzene rings is 1. The Bertz CT molecular complexity index is 1100. The number of carbonyl (C=O) groups excluding carboxylic acids is 1. The quantitative estimate of drug-likeness (QED) is 0.654. The van der Waals surface area contributed by atoms with Gasteiger partial charge in [0.15, 0.2) is 11.6 Å². The number of nitrogens with two attached hydrogens (primary N) is 1. The number of allylic oxidation sites excluding steroid dienone is 2. The third-order valence-electron chi connectivity index (χ3n) is 4.76. The number of nitrogens with zero attached hydrogens (tertiary/aromatic N) is 3. The van der Waals surface area contributed by atoms with E-state index >= 15 is 0 Å². The molecule has 2 aliphatic rings. The summed E-state index contributed by atoms with van der Waals surface area (Å²) in [6, 6.07) is 6.64. The SMILES string of the molecule is Nc1ncc(C(=O)NCC2CN3C=C(Cl)C=CC3=N2)cc1OCc1c(Cl)cccc1Cl. The lowest BCUT2D eigenvalue weighted by Gasteiger charge is -2.17. The van der Waals surface area contributed by atoms with Crippen LogP contribution < -0.4 is 15.8 Å². The van der Waals surface area contributed by atoms with Gasteiger partial charge in [-0.15, -0.1) is 0 Å². The van der Waals surface area contributed by atoms with Gasteiger partial charge in [0.25, 0.3) is 5.91 Å². The number of amides is 1. The van der Waals surface area contributed by atoms with Crippen LogP contribution >= 0.6 is 34.8 Å². The van der Waals surface area contributed by atoms with Gasteiger partial charge in [0.2, 0.25) is 0 Å². The van der Waals surface area contributed by atoms with Gasteiger partial charge in [-0.25, -0.2) is 4.98 Å². The molecule has 1 unspecified atom stereocenters. The molecule has 1 amide bonds. The Morgan fingerprint density at radius 1 is 1.26 bits per heavy atom. The molecule has 0 fully saturated rings. The van der Waals surface area contributed by atoms with Gasteiger partial charge in [0, 0.05) is 41.1 Å². The number of rotatable bonds is 6. The number of ether oxygens (including phenoxy) is 1. The maximum absolute atomic E-state index is 12.6. The smallest absolute Gasteiger partial charge is 0.253 e. The van der Waals surface area contributed by atoms with Gasteiger partial charge in [-0.05, 0) is 30.4 Å². The van der Waals surface area contributed by atoms with Gasteiger partial charge >= 0.3 is 0 Å². The zero-order valence-electron chi connectivity index (χ0n) is 16.2. The van der Waals surface area contributed by atoms with Crippen LogP contribution in [0.3, 0.4) is 0 Å². The summed E-state index contributed by atoms with van der Waals surface area (Å²) >= 11 is 18.4. The summed E-state index contributed by atoms with van der Waals surface area (Å²) in [5.74, 6) is 0.954. The molecule has 2 aromatic rings. The normalized spacial score (nSPS) is 17.1. The standard InChI is InChI=1S/C21H18Cl3N5O2/c22-13-4-5-19-28-14(10-29(19)9-13)8-27-21(30)12-6-18(20(25)26-7-12)31-11-15-16(23)2-1-3-17(15)24/h1-7,9,14H,8,10-11H2,(H2,25,26)(H,27,30). The van der Waals surface area contributed by atoms with Crippen molar-refractivity contribution in [2.75, 3.05) is 18.8 Å². The van der Waals surface area contributed by atoms with E-state index in [1.165, 1.54) is 12.3 Å². The lowest BCUT2D eigenvalue weighted by molar-refractivity contribution is 0.0950. The Balaban J connectivity index is 1.38. The fourth-order valence-corrected chi connectivity index (χ4v) is 3.85. The maximum atomic E-state index is 12.6. The Labute approximate surface area is 194 Å². The van der Waals surface area contributed by atoms with Crippen molar-refractivity contribution in [3.8, 4) is 5.75 Å². The van der Waals surface area contributed by atoms with Gasteiger partial charge in [0.05, 0.1) is 16.6 Å². The van der Waals surface area contributed by atoms with Crippen LogP contribution in [0.2, 0.25) is 10.0 Å². The van der Waals surface area contributed by atoms with E-state index in [-0.39, 0.29) is 30.1 Å². The average molecular weight is 479 g/mol. The molecular formula is C21H18Cl3N5O2. The highest BCUT2D eigenvalue weighted by molar-refractivity contribution is 6.36. The van der Waals surface area contributed by atoms with E-state index in [2.05, 4.69) is 15.3 Å². The van der Waals surface area contributed by atoms with E-state index in [4.69, 9.17) is 45.3 Å². The van der Waals surface area contributed by atoms with Crippen LogP contribution in [0.4, 0.5) is 5.82 Å². The topological polar surface area (TPSA) is 92.8 Å². The van der Waals surface area contributed by atoms with Gasteiger partial charge in [-0.3, -0.25) is 9.79 Å². The third-order valence-corrected chi connectivity index (χ3v) is 5.70. The molecule has 2 aliphatic heterocycles. The number of anilines is 1.